The summed E-state index contributed by atoms with van der Waals surface area (Å²) in [6.45, 7) is 2.14. The number of rotatable bonds is 2. The average molecular weight is 190 g/mol. The molecule has 2 aromatic rings. The molecule has 0 radical (unpaired) electrons. The second-order valence-electron chi connectivity index (χ2n) is 3.44. The summed E-state index contributed by atoms with van der Waals surface area (Å²) in [6, 6.07) is 2.05. The molecular weight excluding hydrogens is 176 g/mol. The minimum Gasteiger partial charge on any atom is -0.301 e. The molecule has 0 aliphatic heterocycles. The summed E-state index contributed by atoms with van der Waals surface area (Å²) in [4.78, 5) is 6.13. The molecule has 4 heteroatoms. The van der Waals surface area contributed by atoms with Gasteiger partial charge in [0.05, 0.1) is 6.20 Å². The molecule has 2 rings (SSSR count). The Kier molecular flexibility index (Phi) is 2.11. The van der Waals surface area contributed by atoms with Crippen LogP contribution in [0.15, 0.2) is 18.5 Å². The number of nitrogens with zero attached hydrogens (tertiary/aromatic N) is 4. The van der Waals surface area contributed by atoms with E-state index in [1.807, 2.05) is 37.6 Å². The van der Waals surface area contributed by atoms with Gasteiger partial charge in [-0.3, -0.25) is 0 Å². The zero-order valence-corrected chi connectivity index (χ0v) is 8.73. The molecule has 4 nitrogen and oxygen atoms in total. The Bertz CT molecular complexity index is 444. The highest BCUT2D eigenvalue weighted by atomic mass is 15.6. The number of fused-ring (bicyclic) bond motifs is 1. The van der Waals surface area contributed by atoms with E-state index in [4.69, 9.17) is 0 Å². The first-order chi connectivity index (χ1) is 6.74. The minimum atomic E-state index is 0.925. The van der Waals surface area contributed by atoms with Gasteiger partial charge in [0.25, 0.3) is 0 Å². The number of hydrogen-bond acceptors (Lipinski definition) is 3. The molecule has 14 heavy (non-hydrogen) atoms. The van der Waals surface area contributed by atoms with Crippen LogP contribution in [0.25, 0.3) is 11.0 Å². The standard InChI is InChI=1S/C10H14N4/c1-4-8-5-6-11-10-9(8)7-12-14(10)13(2)3/h5-7H,4H2,1-3H3. The SMILES string of the molecule is CCc1ccnc2c1cnn2N(C)C. The van der Waals surface area contributed by atoms with Crippen molar-refractivity contribution in [3.8, 4) is 0 Å². The van der Waals surface area contributed by atoms with Crippen molar-refractivity contribution in [2.24, 2.45) is 0 Å². The number of aromatic nitrogens is 3. The van der Waals surface area contributed by atoms with Gasteiger partial charge < -0.3 is 5.01 Å². The zero-order chi connectivity index (χ0) is 10.1. The topological polar surface area (TPSA) is 34.0 Å². The summed E-state index contributed by atoms with van der Waals surface area (Å²) in [5.41, 5.74) is 2.22. The highest BCUT2D eigenvalue weighted by Crippen LogP contribution is 2.15. The van der Waals surface area contributed by atoms with E-state index in [1.165, 1.54) is 5.56 Å². The molecule has 0 aliphatic rings. The number of pyridine rings is 1. The van der Waals surface area contributed by atoms with Crippen LogP contribution in [0.3, 0.4) is 0 Å². The van der Waals surface area contributed by atoms with Gasteiger partial charge in [-0.05, 0) is 18.1 Å². The van der Waals surface area contributed by atoms with E-state index in [2.05, 4.69) is 17.0 Å². The van der Waals surface area contributed by atoms with E-state index >= 15 is 0 Å². The molecule has 0 spiro atoms. The van der Waals surface area contributed by atoms with Gasteiger partial charge in [-0.2, -0.15) is 9.89 Å². The Morgan fingerprint density at radius 2 is 2.21 bits per heavy atom. The first-order valence-corrected chi connectivity index (χ1v) is 4.73. The minimum absolute atomic E-state index is 0.925. The van der Waals surface area contributed by atoms with Crippen molar-refractivity contribution in [1.82, 2.24) is 14.9 Å². The van der Waals surface area contributed by atoms with Crippen molar-refractivity contribution in [1.29, 1.82) is 0 Å². The second-order valence-corrected chi connectivity index (χ2v) is 3.44. The third-order valence-electron chi connectivity index (χ3n) is 2.30. The van der Waals surface area contributed by atoms with Crippen LogP contribution in [-0.2, 0) is 6.42 Å². The smallest absolute Gasteiger partial charge is 0.181 e. The van der Waals surface area contributed by atoms with Crippen molar-refractivity contribution in [2.45, 2.75) is 13.3 Å². The van der Waals surface area contributed by atoms with E-state index in [0.717, 1.165) is 17.5 Å². The monoisotopic (exact) mass is 190 g/mol. The van der Waals surface area contributed by atoms with Crippen LogP contribution in [0.1, 0.15) is 12.5 Å². The zero-order valence-electron chi connectivity index (χ0n) is 8.73. The number of hydrogen-bond donors (Lipinski definition) is 0. The van der Waals surface area contributed by atoms with E-state index in [-0.39, 0.29) is 0 Å². The van der Waals surface area contributed by atoms with Crippen molar-refractivity contribution in [3.05, 3.63) is 24.0 Å². The van der Waals surface area contributed by atoms with Gasteiger partial charge in [0.1, 0.15) is 0 Å². The fraction of sp³-hybridized carbons (Fsp3) is 0.400. The molecule has 0 fully saturated rings. The average Bonchev–Trinajstić information content (AvgIpc) is 2.60. The molecule has 0 bridgehead atoms. The van der Waals surface area contributed by atoms with Gasteiger partial charge in [0.15, 0.2) is 5.65 Å². The van der Waals surface area contributed by atoms with Crippen LogP contribution in [0.4, 0.5) is 0 Å². The molecule has 0 aliphatic carbocycles. The van der Waals surface area contributed by atoms with Gasteiger partial charge in [-0.1, -0.05) is 6.92 Å². The lowest BCUT2D eigenvalue weighted by molar-refractivity contribution is 0.655. The maximum Gasteiger partial charge on any atom is 0.181 e. The predicted molar refractivity (Wildman–Crippen MR) is 57.0 cm³/mol. The lowest BCUT2D eigenvalue weighted by Gasteiger charge is -2.12. The molecule has 0 aromatic carbocycles. The van der Waals surface area contributed by atoms with Crippen molar-refractivity contribution in [2.75, 3.05) is 19.1 Å². The lowest BCUT2D eigenvalue weighted by atomic mass is 10.1. The first-order valence-electron chi connectivity index (χ1n) is 4.73. The third-order valence-corrected chi connectivity index (χ3v) is 2.30. The van der Waals surface area contributed by atoms with Crippen LogP contribution in [0.5, 0.6) is 0 Å². The largest absolute Gasteiger partial charge is 0.301 e. The van der Waals surface area contributed by atoms with E-state index in [1.54, 1.807) is 4.79 Å². The predicted octanol–water partition coefficient (Wildman–Crippen LogP) is 1.19. The van der Waals surface area contributed by atoms with Gasteiger partial charge in [0, 0.05) is 25.7 Å². The fourth-order valence-corrected chi connectivity index (χ4v) is 1.57. The Hall–Kier alpha value is -1.58. The molecule has 0 atom stereocenters. The van der Waals surface area contributed by atoms with Crippen LogP contribution in [0.2, 0.25) is 0 Å². The molecule has 0 saturated carbocycles. The highest BCUT2D eigenvalue weighted by molar-refractivity contribution is 5.78. The van der Waals surface area contributed by atoms with E-state index in [0.29, 0.717) is 0 Å². The van der Waals surface area contributed by atoms with Gasteiger partial charge in [-0.15, -0.1) is 0 Å². The van der Waals surface area contributed by atoms with Gasteiger partial charge in [0.2, 0.25) is 0 Å². The molecule has 2 aromatic heterocycles. The molecule has 0 amide bonds. The second kappa shape index (κ2) is 3.29. The third kappa shape index (κ3) is 1.23. The van der Waals surface area contributed by atoms with Crippen LogP contribution >= 0.6 is 0 Å². The summed E-state index contributed by atoms with van der Waals surface area (Å²) in [5, 5.41) is 7.34. The van der Waals surface area contributed by atoms with Crippen LogP contribution < -0.4 is 5.01 Å². The van der Waals surface area contributed by atoms with Crippen molar-refractivity contribution in [3.63, 3.8) is 0 Å². The maximum absolute atomic E-state index is 4.33. The molecule has 0 saturated heterocycles. The van der Waals surface area contributed by atoms with Gasteiger partial charge in [-0.25, -0.2) is 4.98 Å². The maximum atomic E-state index is 4.33. The van der Waals surface area contributed by atoms with E-state index in [9.17, 15) is 0 Å². The molecule has 2 heterocycles. The summed E-state index contributed by atoms with van der Waals surface area (Å²) in [7, 11) is 3.90. The molecule has 74 valence electrons. The Morgan fingerprint density at radius 1 is 1.43 bits per heavy atom. The lowest BCUT2D eigenvalue weighted by Crippen LogP contribution is -2.26. The summed E-state index contributed by atoms with van der Waals surface area (Å²) < 4.78 is 0. The summed E-state index contributed by atoms with van der Waals surface area (Å²) in [6.07, 6.45) is 4.72. The summed E-state index contributed by atoms with van der Waals surface area (Å²) >= 11 is 0. The van der Waals surface area contributed by atoms with Gasteiger partial charge >= 0.3 is 0 Å². The molecular formula is C10H14N4. The number of aryl methyl sites for hydroxylation is 1. The Balaban J connectivity index is 2.69. The van der Waals surface area contributed by atoms with E-state index < -0.39 is 0 Å². The first kappa shape index (κ1) is 8.99. The van der Waals surface area contributed by atoms with Crippen LogP contribution in [-0.4, -0.2) is 29.0 Å². The van der Waals surface area contributed by atoms with Crippen molar-refractivity contribution < 1.29 is 0 Å². The fourth-order valence-electron chi connectivity index (χ4n) is 1.57. The highest BCUT2D eigenvalue weighted by Gasteiger charge is 2.07. The Morgan fingerprint density at radius 3 is 2.86 bits per heavy atom. The summed E-state index contributed by atoms with van der Waals surface area (Å²) in [5.74, 6) is 0. The molecule has 0 N–H and O–H groups in total. The van der Waals surface area contributed by atoms with Crippen LogP contribution in [0, 0.1) is 0 Å². The molecule has 0 unspecified atom stereocenters. The van der Waals surface area contributed by atoms with Crippen molar-refractivity contribution >= 4 is 11.0 Å². The normalized spacial score (nSPS) is 10.8. The Labute approximate surface area is 83.1 Å². The quantitative estimate of drug-likeness (QED) is 0.713.